The first-order valence-electron chi connectivity index (χ1n) is 4.93. The number of nitriles is 1. The Morgan fingerprint density at radius 1 is 1.47 bits per heavy atom. The van der Waals surface area contributed by atoms with Gasteiger partial charge in [-0.05, 0) is 17.7 Å². The van der Waals surface area contributed by atoms with Crippen molar-refractivity contribution < 1.29 is 27.4 Å². The molecule has 0 bridgehead atoms. The van der Waals surface area contributed by atoms with Crippen molar-refractivity contribution in [3.8, 4) is 11.8 Å². The Morgan fingerprint density at radius 3 is 2.53 bits per heavy atom. The van der Waals surface area contributed by atoms with E-state index in [0.717, 1.165) is 19.2 Å². The molecule has 0 aliphatic heterocycles. The van der Waals surface area contributed by atoms with Crippen molar-refractivity contribution in [2.45, 2.75) is 12.9 Å². The fraction of sp³-hybridized carbons (Fsp3) is 0.273. The zero-order valence-corrected chi connectivity index (χ0v) is 9.75. The lowest BCUT2D eigenvalue weighted by Gasteiger charge is -2.14. The third-order valence-corrected chi connectivity index (χ3v) is 2.18. The minimum Gasteiger partial charge on any atom is -0.465 e. The van der Waals surface area contributed by atoms with Gasteiger partial charge in [-0.2, -0.15) is 5.26 Å². The number of nitrogens with two attached hydrogens (primary N) is 1. The van der Waals surface area contributed by atoms with E-state index in [2.05, 4.69) is 9.47 Å². The number of hydrogen-bond donors (Lipinski definition) is 1. The molecule has 0 amide bonds. The van der Waals surface area contributed by atoms with Crippen molar-refractivity contribution in [1.29, 1.82) is 5.26 Å². The van der Waals surface area contributed by atoms with Gasteiger partial charge in [-0.25, -0.2) is 4.79 Å². The Morgan fingerprint density at radius 2 is 2.11 bits per heavy atom. The molecule has 0 heterocycles. The van der Waals surface area contributed by atoms with Crippen molar-refractivity contribution in [2.24, 2.45) is 5.73 Å². The largest absolute Gasteiger partial charge is 0.573 e. The highest BCUT2D eigenvalue weighted by molar-refractivity contribution is 5.93. The maximum absolute atomic E-state index is 12.2. The summed E-state index contributed by atoms with van der Waals surface area (Å²) in [6.45, 7) is -0.112. The lowest BCUT2D eigenvalue weighted by atomic mass is 10.0. The van der Waals surface area contributed by atoms with Crippen molar-refractivity contribution >= 4 is 5.97 Å². The highest BCUT2D eigenvalue weighted by Crippen LogP contribution is 2.29. The van der Waals surface area contributed by atoms with Crippen LogP contribution in [0.2, 0.25) is 0 Å². The Labute approximate surface area is 106 Å². The van der Waals surface area contributed by atoms with E-state index >= 15 is 0 Å². The van der Waals surface area contributed by atoms with Gasteiger partial charge in [-0.15, -0.1) is 13.2 Å². The van der Waals surface area contributed by atoms with Crippen molar-refractivity contribution in [2.75, 3.05) is 7.11 Å². The molecule has 0 spiro atoms. The molecule has 0 unspecified atom stereocenters. The van der Waals surface area contributed by atoms with Crippen LogP contribution in [0.25, 0.3) is 0 Å². The number of halogens is 3. The molecule has 19 heavy (non-hydrogen) atoms. The van der Waals surface area contributed by atoms with Crippen molar-refractivity contribution in [3.05, 3.63) is 28.8 Å². The first kappa shape index (κ1) is 14.8. The number of rotatable bonds is 3. The van der Waals surface area contributed by atoms with Crippen molar-refractivity contribution in [1.82, 2.24) is 0 Å². The molecule has 0 atom stereocenters. The maximum Gasteiger partial charge on any atom is 0.573 e. The summed E-state index contributed by atoms with van der Waals surface area (Å²) in [4.78, 5) is 11.4. The average molecular weight is 274 g/mol. The van der Waals surface area contributed by atoms with Crippen LogP contribution < -0.4 is 10.5 Å². The Bertz CT molecular complexity index is 535. The van der Waals surface area contributed by atoms with Gasteiger partial charge in [0, 0.05) is 6.54 Å². The summed E-state index contributed by atoms with van der Waals surface area (Å²) in [5, 5.41) is 8.80. The summed E-state index contributed by atoms with van der Waals surface area (Å²) in [6, 6.07) is 3.53. The van der Waals surface area contributed by atoms with Gasteiger partial charge in [0.1, 0.15) is 11.3 Å². The SMILES string of the molecule is COC(=O)c1cc(CN)c(C#N)cc1OC(F)(F)F. The van der Waals surface area contributed by atoms with Crippen LogP contribution in [-0.4, -0.2) is 19.4 Å². The van der Waals surface area contributed by atoms with Crippen LogP contribution >= 0.6 is 0 Å². The smallest absolute Gasteiger partial charge is 0.465 e. The third-order valence-electron chi connectivity index (χ3n) is 2.18. The number of methoxy groups -OCH3 is 1. The molecule has 0 aliphatic carbocycles. The molecule has 0 fully saturated rings. The van der Waals surface area contributed by atoms with Crippen LogP contribution in [0.3, 0.4) is 0 Å². The van der Waals surface area contributed by atoms with E-state index < -0.39 is 23.6 Å². The van der Waals surface area contributed by atoms with Crippen molar-refractivity contribution in [3.63, 3.8) is 0 Å². The summed E-state index contributed by atoms with van der Waals surface area (Å²) in [5.74, 6) is -1.81. The molecule has 1 rings (SSSR count). The topological polar surface area (TPSA) is 85.3 Å². The molecule has 1 aromatic carbocycles. The second kappa shape index (κ2) is 5.58. The van der Waals surface area contributed by atoms with Gasteiger partial charge in [-0.3, -0.25) is 0 Å². The van der Waals surface area contributed by atoms with E-state index in [0.29, 0.717) is 0 Å². The monoisotopic (exact) mass is 274 g/mol. The van der Waals surface area contributed by atoms with E-state index in [9.17, 15) is 18.0 Å². The Balaban J connectivity index is 3.41. The van der Waals surface area contributed by atoms with Crippen LogP contribution in [0.5, 0.6) is 5.75 Å². The highest BCUT2D eigenvalue weighted by Gasteiger charge is 2.33. The van der Waals surface area contributed by atoms with E-state index in [4.69, 9.17) is 11.0 Å². The molecule has 2 N–H and O–H groups in total. The summed E-state index contributed by atoms with van der Waals surface area (Å²) in [7, 11) is 1.01. The van der Waals surface area contributed by atoms with Crippen LogP contribution in [0.4, 0.5) is 13.2 Å². The summed E-state index contributed by atoms with van der Waals surface area (Å²) in [6.07, 6.45) is -4.99. The van der Waals surface area contributed by atoms with Gasteiger partial charge in [0.05, 0.1) is 18.7 Å². The molecule has 0 aliphatic rings. The summed E-state index contributed by atoms with van der Waals surface area (Å²) < 4.78 is 44.7. The third kappa shape index (κ3) is 3.59. The van der Waals surface area contributed by atoms with Gasteiger partial charge in [-0.1, -0.05) is 0 Å². The van der Waals surface area contributed by atoms with E-state index in [1.807, 2.05) is 0 Å². The second-order valence-electron chi connectivity index (χ2n) is 3.36. The van der Waals surface area contributed by atoms with E-state index in [-0.39, 0.29) is 17.7 Å². The fourth-order valence-corrected chi connectivity index (χ4v) is 1.38. The normalized spacial score (nSPS) is 10.7. The van der Waals surface area contributed by atoms with Gasteiger partial charge in [0.15, 0.2) is 0 Å². The number of hydrogen-bond acceptors (Lipinski definition) is 5. The predicted molar refractivity (Wildman–Crippen MR) is 57.1 cm³/mol. The van der Waals surface area contributed by atoms with Gasteiger partial charge in [0.2, 0.25) is 0 Å². The molecule has 5 nitrogen and oxygen atoms in total. The number of nitrogens with zero attached hydrogens (tertiary/aromatic N) is 1. The molecule has 8 heteroatoms. The minimum absolute atomic E-state index is 0.102. The number of esters is 1. The number of carbonyl (C=O) groups excluding carboxylic acids is 1. The number of benzene rings is 1. The predicted octanol–water partition coefficient (Wildman–Crippen LogP) is 1.70. The number of ether oxygens (including phenoxy) is 2. The van der Waals surface area contributed by atoms with Crippen LogP contribution in [-0.2, 0) is 11.3 Å². The first-order chi connectivity index (χ1) is 8.82. The molecular formula is C11H9F3N2O3. The summed E-state index contributed by atoms with van der Waals surface area (Å²) >= 11 is 0. The standard InChI is InChI=1S/C11H9F3N2O3/c1-18-10(17)8-2-6(4-15)7(5-16)3-9(8)19-11(12,13)14/h2-3H,4,15H2,1H3. The van der Waals surface area contributed by atoms with Crippen LogP contribution in [0.15, 0.2) is 12.1 Å². The molecule has 1 aromatic rings. The molecular weight excluding hydrogens is 265 g/mol. The lowest BCUT2D eigenvalue weighted by molar-refractivity contribution is -0.274. The van der Waals surface area contributed by atoms with Gasteiger partial charge in [0.25, 0.3) is 0 Å². The second-order valence-corrected chi connectivity index (χ2v) is 3.36. The zero-order chi connectivity index (χ0) is 14.6. The van der Waals surface area contributed by atoms with Gasteiger partial charge >= 0.3 is 12.3 Å². The first-order valence-corrected chi connectivity index (χ1v) is 4.93. The van der Waals surface area contributed by atoms with Crippen LogP contribution in [0.1, 0.15) is 21.5 Å². The lowest BCUT2D eigenvalue weighted by Crippen LogP contribution is -2.20. The maximum atomic E-state index is 12.2. The number of alkyl halides is 3. The molecule has 0 aromatic heterocycles. The quantitative estimate of drug-likeness (QED) is 0.848. The number of carbonyl (C=O) groups is 1. The highest BCUT2D eigenvalue weighted by atomic mass is 19.4. The molecule has 0 saturated heterocycles. The van der Waals surface area contributed by atoms with E-state index in [1.54, 1.807) is 6.07 Å². The molecule has 102 valence electrons. The molecule has 0 radical (unpaired) electrons. The van der Waals surface area contributed by atoms with E-state index in [1.165, 1.54) is 0 Å². The Hall–Kier alpha value is -2.27. The molecule has 0 saturated carbocycles. The van der Waals surface area contributed by atoms with Crippen LogP contribution in [0, 0.1) is 11.3 Å². The zero-order valence-electron chi connectivity index (χ0n) is 9.75. The summed E-state index contributed by atoms with van der Waals surface area (Å²) in [5.41, 5.74) is 5.02. The average Bonchev–Trinajstić information content (AvgIpc) is 2.35. The Kier molecular flexibility index (Phi) is 4.34. The fourth-order valence-electron chi connectivity index (χ4n) is 1.38. The van der Waals surface area contributed by atoms with Gasteiger partial charge < -0.3 is 15.2 Å². The minimum atomic E-state index is -4.99.